The van der Waals surface area contributed by atoms with E-state index in [0.29, 0.717) is 0 Å². The van der Waals surface area contributed by atoms with E-state index in [4.69, 9.17) is 18.9 Å². The number of likely N-dealkylation sites (N-methyl/N-ethyl adjacent to an activating group) is 1. The molecule has 0 unspecified atom stereocenters. The molecule has 0 aliphatic rings. The van der Waals surface area contributed by atoms with Crippen LogP contribution in [0.1, 0.15) is 17.2 Å². The van der Waals surface area contributed by atoms with Crippen LogP contribution in [0.5, 0.6) is 23.0 Å². The number of rotatable bonds is 8. The summed E-state index contributed by atoms with van der Waals surface area (Å²) >= 11 is 0. The van der Waals surface area contributed by atoms with E-state index in [2.05, 4.69) is 5.32 Å². The van der Waals surface area contributed by atoms with Gasteiger partial charge in [-0.2, -0.15) is 0 Å². The van der Waals surface area contributed by atoms with Crippen LogP contribution >= 0.6 is 0 Å². The quantitative estimate of drug-likeness (QED) is 0.805. The summed E-state index contributed by atoms with van der Waals surface area (Å²) < 4.78 is 21.4. The summed E-state index contributed by atoms with van der Waals surface area (Å²) in [6.45, 7) is 0. The third-order valence-corrected chi connectivity index (χ3v) is 4.05. The molecule has 2 aromatic rings. The highest BCUT2D eigenvalue weighted by atomic mass is 16.5. The van der Waals surface area contributed by atoms with Crippen molar-refractivity contribution < 1.29 is 18.9 Å². The summed E-state index contributed by atoms with van der Waals surface area (Å²) in [5.74, 6) is 2.91. The average Bonchev–Trinajstić information content (AvgIpc) is 2.65. The highest BCUT2D eigenvalue weighted by molar-refractivity contribution is 5.45. The van der Waals surface area contributed by atoms with Crippen molar-refractivity contribution in [3.8, 4) is 23.0 Å². The molecule has 1 N–H and O–H groups in total. The van der Waals surface area contributed by atoms with Gasteiger partial charge in [-0.1, -0.05) is 12.1 Å². The van der Waals surface area contributed by atoms with Crippen LogP contribution < -0.4 is 24.3 Å². The van der Waals surface area contributed by atoms with Crippen molar-refractivity contribution in [1.29, 1.82) is 0 Å². The van der Waals surface area contributed by atoms with Crippen molar-refractivity contribution in [3.05, 3.63) is 47.5 Å². The monoisotopic (exact) mass is 331 g/mol. The van der Waals surface area contributed by atoms with E-state index in [0.717, 1.165) is 40.5 Å². The Labute approximate surface area is 143 Å². The molecular weight excluding hydrogens is 306 g/mol. The molecular formula is C19H25NO4. The van der Waals surface area contributed by atoms with E-state index in [1.165, 1.54) is 0 Å². The Morgan fingerprint density at radius 1 is 0.750 bits per heavy atom. The van der Waals surface area contributed by atoms with Crippen LogP contribution in [0.3, 0.4) is 0 Å². The van der Waals surface area contributed by atoms with Crippen molar-refractivity contribution in [2.75, 3.05) is 35.5 Å². The van der Waals surface area contributed by atoms with Crippen LogP contribution in [0.2, 0.25) is 0 Å². The number of ether oxygens (including phenoxy) is 4. The first kappa shape index (κ1) is 17.9. The average molecular weight is 331 g/mol. The predicted molar refractivity (Wildman–Crippen MR) is 94.6 cm³/mol. The van der Waals surface area contributed by atoms with Gasteiger partial charge in [0.2, 0.25) is 0 Å². The summed E-state index contributed by atoms with van der Waals surface area (Å²) in [6, 6.07) is 12.1. The smallest absolute Gasteiger partial charge is 0.161 e. The lowest BCUT2D eigenvalue weighted by Crippen LogP contribution is -2.19. The van der Waals surface area contributed by atoms with Crippen molar-refractivity contribution >= 4 is 0 Å². The standard InChI is InChI=1S/C19H25NO4/c1-20-15(14-7-9-17(22-3)19(12-14)24-5)10-13-6-8-16(21-2)18(11-13)23-4/h6-9,11-12,15,20H,10H2,1-5H3/t15-/m0/s1. The van der Waals surface area contributed by atoms with Crippen molar-refractivity contribution in [1.82, 2.24) is 5.32 Å². The fraction of sp³-hybridized carbons (Fsp3) is 0.368. The SMILES string of the molecule is CN[C@@H](Cc1ccc(OC)c(OC)c1)c1ccc(OC)c(OC)c1. The highest BCUT2D eigenvalue weighted by Crippen LogP contribution is 2.32. The second-order valence-electron chi connectivity index (χ2n) is 5.35. The Balaban J connectivity index is 2.26. The molecule has 0 heterocycles. The van der Waals surface area contributed by atoms with Gasteiger partial charge < -0.3 is 24.3 Å². The zero-order valence-corrected chi connectivity index (χ0v) is 14.9. The van der Waals surface area contributed by atoms with Crippen LogP contribution in [0.4, 0.5) is 0 Å². The lowest BCUT2D eigenvalue weighted by atomic mass is 9.98. The molecule has 1 atom stereocenters. The first-order chi connectivity index (χ1) is 11.7. The molecule has 130 valence electrons. The molecule has 0 aliphatic carbocycles. The van der Waals surface area contributed by atoms with Crippen LogP contribution in [-0.4, -0.2) is 35.5 Å². The summed E-state index contributed by atoms with van der Waals surface area (Å²) in [5.41, 5.74) is 2.28. The van der Waals surface area contributed by atoms with Crippen LogP contribution in [0.25, 0.3) is 0 Å². The van der Waals surface area contributed by atoms with Gasteiger partial charge in [0.1, 0.15) is 0 Å². The van der Waals surface area contributed by atoms with Gasteiger partial charge in [0.05, 0.1) is 28.4 Å². The Bertz CT molecular complexity index is 672. The summed E-state index contributed by atoms with van der Waals surface area (Å²) in [5, 5.41) is 3.35. The number of methoxy groups -OCH3 is 4. The second-order valence-corrected chi connectivity index (χ2v) is 5.35. The fourth-order valence-corrected chi connectivity index (χ4v) is 2.70. The minimum absolute atomic E-state index is 0.142. The van der Waals surface area contributed by atoms with E-state index in [-0.39, 0.29) is 6.04 Å². The van der Waals surface area contributed by atoms with E-state index >= 15 is 0 Å². The molecule has 0 bridgehead atoms. The lowest BCUT2D eigenvalue weighted by Gasteiger charge is -2.19. The number of benzene rings is 2. The molecule has 5 heteroatoms. The molecule has 0 saturated heterocycles. The number of hydrogen-bond donors (Lipinski definition) is 1. The lowest BCUT2D eigenvalue weighted by molar-refractivity contribution is 0.353. The Hall–Kier alpha value is -2.40. The molecule has 24 heavy (non-hydrogen) atoms. The molecule has 0 amide bonds. The normalized spacial score (nSPS) is 11.7. The van der Waals surface area contributed by atoms with Crippen molar-refractivity contribution in [2.24, 2.45) is 0 Å². The van der Waals surface area contributed by atoms with Crippen LogP contribution in [0, 0.1) is 0 Å². The minimum Gasteiger partial charge on any atom is -0.493 e. The van der Waals surface area contributed by atoms with Crippen LogP contribution in [0.15, 0.2) is 36.4 Å². The fourth-order valence-electron chi connectivity index (χ4n) is 2.70. The van der Waals surface area contributed by atoms with Crippen molar-refractivity contribution in [3.63, 3.8) is 0 Å². The largest absolute Gasteiger partial charge is 0.493 e. The molecule has 0 aromatic heterocycles. The molecule has 2 aromatic carbocycles. The molecule has 0 radical (unpaired) electrons. The van der Waals surface area contributed by atoms with Crippen LogP contribution in [-0.2, 0) is 6.42 Å². The topological polar surface area (TPSA) is 49.0 Å². The first-order valence-corrected chi connectivity index (χ1v) is 7.76. The van der Waals surface area contributed by atoms with Gasteiger partial charge in [0.15, 0.2) is 23.0 Å². The zero-order chi connectivity index (χ0) is 17.5. The molecule has 0 fully saturated rings. The molecule has 0 saturated carbocycles. The van der Waals surface area contributed by atoms with E-state index in [9.17, 15) is 0 Å². The molecule has 2 rings (SSSR count). The van der Waals surface area contributed by atoms with E-state index in [1.807, 2.05) is 43.4 Å². The van der Waals surface area contributed by atoms with E-state index in [1.54, 1.807) is 28.4 Å². The van der Waals surface area contributed by atoms with Gasteiger partial charge >= 0.3 is 0 Å². The Morgan fingerprint density at radius 3 is 1.83 bits per heavy atom. The van der Waals surface area contributed by atoms with Gasteiger partial charge in [-0.3, -0.25) is 0 Å². The van der Waals surface area contributed by atoms with Gasteiger partial charge in [-0.05, 0) is 48.9 Å². The van der Waals surface area contributed by atoms with Gasteiger partial charge in [-0.25, -0.2) is 0 Å². The number of hydrogen-bond acceptors (Lipinski definition) is 5. The van der Waals surface area contributed by atoms with Gasteiger partial charge in [0.25, 0.3) is 0 Å². The Kier molecular flexibility index (Phi) is 6.32. The zero-order valence-electron chi connectivity index (χ0n) is 14.9. The minimum atomic E-state index is 0.142. The van der Waals surface area contributed by atoms with Gasteiger partial charge in [-0.15, -0.1) is 0 Å². The molecule has 0 spiro atoms. The second kappa shape index (κ2) is 8.45. The Morgan fingerprint density at radius 2 is 1.29 bits per heavy atom. The predicted octanol–water partition coefficient (Wildman–Crippen LogP) is 3.22. The summed E-state index contributed by atoms with van der Waals surface area (Å²) in [7, 11) is 8.51. The maximum Gasteiger partial charge on any atom is 0.161 e. The molecule has 0 aliphatic heterocycles. The number of nitrogens with one attached hydrogen (secondary N) is 1. The third kappa shape index (κ3) is 3.92. The molecule has 5 nitrogen and oxygen atoms in total. The highest BCUT2D eigenvalue weighted by Gasteiger charge is 2.15. The maximum atomic E-state index is 5.40. The van der Waals surface area contributed by atoms with Gasteiger partial charge in [0, 0.05) is 6.04 Å². The maximum absolute atomic E-state index is 5.40. The third-order valence-electron chi connectivity index (χ3n) is 4.05. The van der Waals surface area contributed by atoms with Crippen molar-refractivity contribution in [2.45, 2.75) is 12.5 Å². The van der Waals surface area contributed by atoms with E-state index < -0.39 is 0 Å². The summed E-state index contributed by atoms with van der Waals surface area (Å²) in [6.07, 6.45) is 0.812. The first-order valence-electron chi connectivity index (χ1n) is 7.76. The summed E-state index contributed by atoms with van der Waals surface area (Å²) in [4.78, 5) is 0.